The highest BCUT2D eigenvalue weighted by Crippen LogP contribution is 2.26. The lowest BCUT2D eigenvalue weighted by Gasteiger charge is -2.08. The molecule has 3 rings (SSSR count). The molecule has 0 fully saturated rings. The summed E-state index contributed by atoms with van der Waals surface area (Å²) in [6, 6.07) is 14.9. The van der Waals surface area contributed by atoms with Crippen LogP contribution in [0.4, 0.5) is 0 Å². The van der Waals surface area contributed by atoms with Crippen LogP contribution in [0.2, 0.25) is 0 Å². The van der Waals surface area contributed by atoms with Crippen LogP contribution in [0.5, 0.6) is 5.75 Å². The second-order valence-corrected chi connectivity index (χ2v) is 5.20. The molecule has 0 bridgehead atoms. The fourth-order valence-corrected chi connectivity index (χ4v) is 2.38. The molecule has 24 heavy (non-hydrogen) atoms. The molecule has 3 N–H and O–H groups in total. The number of hydrogen-bond acceptors (Lipinski definition) is 4. The molecule has 120 valence electrons. The number of carboxylic acid groups (broad SMARTS) is 1. The molecule has 0 radical (unpaired) electrons. The van der Waals surface area contributed by atoms with Gasteiger partial charge < -0.3 is 15.5 Å². The maximum atomic E-state index is 12.2. The molecule has 6 nitrogen and oxygen atoms in total. The highest BCUT2D eigenvalue weighted by atomic mass is 16.4. The molecule has 3 aromatic rings. The Bertz CT molecular complexity index is 923. The van der Waals surface area contributed by atoms with Gasteiger partial charge in [-0.25, -0.2) is 9.78 Å². The van der Waals surface area contributed by atoms with Gasteiger partial charge in [-0.15, -0.1) is 0 Å². The smallest absolute Gasteiger partial charge is 0.336 e. The number of nitrogens with zero attached hydrogens (tertiary/aromatic N) is 1. The standard InChI is InChI=1S/C18H14N2O4/c21-15-9-7-13(18(23)24)12-6-8-14(20-16(12)15)17(22)19-10-11-4-2-1-3-5-11/h1-9,21H,10H2,(H,19,22)(H,23,24). The van der Waals surface area contributed by atoms with E-state index >= 15 is 0 Å². The first kappa shape index (κ1) is 15.5. The summed E-state index contributed by atoms with van der Waals surface area (Å²) in [6.07, 6.45) is 0. The predicted octanol–water partition coefficient (Wildman–Crippen LogP) is 2.57. The number of benzene rings is 2. The fourth-order valence-electron chi connectivity index (χ4n) is 2.38. The van der Waals surface area contributed by atoms with Crippen LogP contribution < -0.4 is 5.32 Å². The van der Waals surface area contributed by atoms with Crippen LogP contribution in [-0.4, -0.2) is 27.1 Å². The van der Waals surface area contributed by atoms with Crippen molar-refractivity contribution in [2.75, 3.05) is 0 Å². The van der Waals surface area contributed by atoms with Gasteiger partial charge in [-0.2, -0.15) is 0 Å². The van der Waals surface area contributed by atoms with Crippen molar-refractivity contribution in [2.45, 2.75) is 6.54 Å². The zero-order valence-corrected chi connectivity index (χ0v) is 12.6. The first-order valence-corrected chi connectivity index (χ1v) is 7.24. The first-order valence-electron chi connectivity index (χ1n) is 7.24. The lowest BCUT2D eigenvalue weighted by molar-refractivity contribution is 0.0699. The van der Waals surface area contributed by atoms with Gasteiger partial charge in [-0.3, -0.25) is 4.79 Å². The van der Waals surface area contributed by atoms with Crippen LogP contribution in [0.15, 0.2) is 54.6 Å². The lowest BCUT2D eigenvalue weighted by Crippen LogP contribution is -2.23. The van der Waals surface area contributed by atoms with E-state index in [9.17, 15) is 19.8 Å². The minimum absolute atomic E-state index is 0.0199. The second-order valence-electron chi connectivity index (χ2n) is 5.20. The molecule has 0 saturated heterocycles. The third kappa shape index (κ3) is 3.03. The maximum absolute atomic E-state index is 12.2. The molecule has 1 amide bonds. The van der Waals surface area contributed by atoms with Crippen LogP contribution in [0.3, 0.4) is 0 Å². The topological polar surface area (TPSA) is 99.5 Å². The molecule has 0 saturated carbocycles. The van der Waals surface area contributed by atoms with E-state index in [0.29, 0.717) is 6.54 Å². The molecule has 2 aromatic carbocycles. The first-order chi connectivity index (χ1) is 11.6. The van der Waals surface area contributed by atoms with E-state index in [1.165, 1.54) is 24.3 Å². The van der Waals surface area contributed by atoms with Crippen LogP contribution in [0, 0.1) is 0 Å². The van der Waals surface area contributed by atoms with Gasteiger partial charge in [0.15, 0.2) is 0 Å². The minimum Gasteiger partial charge on any atom is -0.506 e. The van der Waals surface area contributed by atoms with E-state index in [1.54, 1.807) is 0 Å². The minimum atomic E-state index is -1.12. The number of carboxylic acids is 1. The molecular weight excluding hydrogens is 308 g/mol. The van der Waals surface area contributed by atoms with Crippen molar-refractivity contribution in [3.63, 3.8) is 0 Å². The van der Waals surface area contributed by atoms with Gasteiger partial charge in [0.2, 0.25) is 0 Å². The van der Waals surface area contributed by atoms with Gasteiger partial charge in [-0.05, 0) is 29.8 Å². The number of aromatic carboxylic acids is 1. The average Bonchev–Trinajstić information content (AvgIpc) is 2.60. The van der Waals surface area contributed by atoms with Crippen molar-refractivity contribution in [2.24, 2.45) is 0 Å². The largest absolute Gasteiger partial charge is 0.506 e. The number of pyridine rings is 1. The van der Waals surface area contributed by atoms with Crippen LogP contribution in [-0.2, 0) is 6.54 Å². The Hall–Kier alpha value is -3.41. The monoisotopic (exact) mass is 322 g/mol. The third-order valence-corrected chi connectivity index (χ3v) is 3.59. The summed E-state index contributed by atoms with van der Waals surface area (Å²) in [6.45, 7) is 0.348. The zero-order valence-electron chi connectivity index (χ0n) is 12.6. The van der Waals surface area contributed by atoms with Gasteiger partial charge in [0.25, 0.3) is 5.91 Å². The summed E-state index contributed by atoms with van der Waals surface area (Å²) < 4.78 is 0. The molecule has 0 aliphatic rings. The van der Waals surface area contributed by atoms with E-state index in [-0.39, 0.29) is 27.9 Å². The quantitative estimate of drug-likeness (QED) is 0.685. The van der Waals surface area contributed by atoms with Gasteiger partial charge in [-0.1, -0.05) is 30.3 Å². The Morgan fingerprint density at radius 3 is 2.46 bits per heavy atom. The van der Waals surface area contributed by atoms with E-state index < -0.39 is 11.9 Å². The van der Waals surface area contributed by atoms with E-state index in [4.69, 9.17) is 0 Å². The SMILES string of the molecule is O=C(NCc1ccccc1)c1ccc2c(C(=O)O)ccc(O)c2n1. The zero-order chi connectivity index (χ0) is 17.1. The number of carbonyl (C=O) groups excluding carboxylic acids is 1. The van der Waals surface area contributed by atoms with Crippen molar-refractivity contribution in [1.29, 1.82) is 0 Å². The van der Waals surface area contributed by atoms with Crippen molar-refractivity contribution in [1.82, 2.24) is 10.3 Å². The number of phenolic OH excluding ortho intramolecular Hbond substituents is 1. The number of rotatable bonds is 4. The highest BCUT2D eigenvalue weighted by molar-refractivity contribution is 6.05. The summed E-state index contributed by atoms with van der Waals surface area (Å²) in [5, 5.41) is 22.1. The molecule has 1 heterocycles. The van der Waals surface area contributed by atoms with Gasteiger partial charge in [0, 0.05) is 11.9 Å². The van der Waals surface area contributed by atoms with E-state index in [0.717, 1.165) is 5.56 Å². The number of fused-ring (bicyclic) bond motifs is 1. The number of aromatic hydroxyl groups is 1. The summed E-state index contributed by atoms with van der Waals surface area (Å²) >= 11 is 0. The van der Waals surface area contributed by atoms with Gasteiger partial charge in [0.05, 0.1) is 5.56 Å². The molecule has 0 aliphatic carbocycles. The maximum Gasteiger partial charge on any atom is 0.336 e. The number of hydrogen-bond donors (Lipinski definition) is 3. The Kier molecular flexibility index (Phi) is 4.11. The van der Waals surface area contributed by atoms with E-state index in [2.05, 4.69) is 10.3 Å². The molecule has 0 atom stereocenters. The lowest BCUT2D eigenvalue weighted by atomic mass is 10.1. The normalized spacial score (nSPS) is 10.5. The van der Waals surface area contributed by atoms with Crippen molar-refractivity contribution in [3.8, 4) is 5.75 Å². The molecule has 0 unspecified atom stereocenters. The summed E-state index contributed by atoms with van der Waals surface area (Å²) in [5.41, 5.74) is 1.16. The van der Waals surface area contributed by atoms with Crippen molar-refractivity contribution in [3.05, 3.63) is 71.4 Å². The molecule has 0 spiro atoms. The van der Waals surface area contributed by atoms with Crippen LogP contribution >= 0.6 is 0 Å². The molecular formula is C18H14N2O4. The second kappa shape index (κ2) is 6.37. The Balaban J connectivity index is 1.89. The van der Waals surface area contributed by atoms with Crippen molar-refractivity contribution < 1.29 is 19.8 Å². The molecule has 6 heteroatoms. The molecule has 0 aliphatic heterocycles. The van der Waals surface area contributed by atoms with Crippen molar-refractivity contribution >= 4 is 22.8 Å². The van der Waals surface area contributed by atoms with E-state index in [1.807, 2.05) is 30.3 Å². The summed E-state index contributed by atoms with van der Waals surface area (Å²) in [7, 11) is 0. The number of phenols is 1. The van der Waals surface area contributed by atoms with Gasteiger partial charge >= 0.3 is 5.97 Å². The summed E-state index contributed by atoms with van der Waals surface area (Å²) in [5.74, 6) is -1.70. The molecule has 1 aromatic heterocycles. The fraction of sp³-hybridized carbons (Fsp3) is 0.0556. The highest BCUT2D eigenvalue weighted by Gasteiger charge is 2.15. The van der Waals surface area contributed by atoms with Crippen LogP contribution in [0.1, 0.15) is 26.4 Å². The Labute approximate surface area is 137 Å². The summed E-state index contributed by atoms with van der Waals surface area (Å²) in [4.78, 5) is 27.5. The number of carbonyl (C=O) groups is 2. The predicted molar refractivity (Wildman–Crippen MR) is 88.0 cm³/mol. The number of nitrogens with one attached hydrogen (secondary N) is 1. The number of aromatic nitrogens is 1. The number of amides is 1. The van der Waals surface area contributed by atoms with Gasteiger partial charge in [0.1, 0.15) is 17.0 Å². The Morgan fingerprint density at radius 1 is 1.00 bits per heavy atom. The Morgan fingerprint density at radius 2 is 1.75 bits per heavy atom. The van der Waals surface area contributed by atoms with Crippen LogP contribution in [0.25, 0.3) is 10.9 Å². The average molecular weight is 322 g/mol. The third-order valence-electron chi connectivity index (χ3n) is 3.59.